The fourth-order valence-corrected chi connectivity index (χ4v) is 13.3. The van der Waals surface area contributed by atoms with Crippen LogP contribution in [-0.2, 0) is 42.9 Å². The minimum absolute atomic E-state index is 0.106. The third-order valence-electron chi connectivity index (χ3n) is 15.4. The van der Waals surface area contributed by atoms with Gasteiger partial charge in [-0.15, -0.1) is 0 Å². The number of aromatic nitrogens is 1. The Bertz CT molecular complexity index is 2140. The number of piperidine rings is 1. The van der Waals surface area contributed by atoms with Gasteiger partial charge in [0.1, 0.15) is 11.5 Å². The number of aliphatic hydroxyl groups excluding tert-OH is 2. The number of aromatic amines is 1. The number of rotatable bonds is 6. The maximum atomic E-state index is 15.2. The lowest BCUT2D eigenvalue weighted by molar-refractivity contribution is -0.218. The molecule has 12 heteroatoms. The van der Waals surface area contributed by atoms with E-state index < -0.39 is 51.5 Å². The highest BCUT2D eigenvalue weighted by Gasteiger charge is 2.79. The van der Waals surface area contributed by atoms with Crippen LogP contribution in [0.1, 0.15) is 73.9 Å². The number of anilines is 1. The van der Waals surface area contributed by atoms with Gasteiger partial charge < -0.3 is 39.8 Å². The second-order valence-electron chi connectivity index (χ2n) is 17.7. The highest BCUT2D eigenvalue weighted by Crippen LogP contribution is 2.67. The molecule has 1 aromatic heterocycles. The van der Waals surface area contributed by atoms with Crippen LogP contribution in [0.5, 0.6) is 0 Å². The molecule has 1 saturated carbocycles. The van der Waals surface area contributed by atoms with Crippen molar-refractivity contribution in [2.45, 2.75) is 99.2 Å². The number of ether oxygens (including phenoxy) is 2. The molecule has 2 aromatic carbocycles. The van der Waals surface area contributed by atoms with Crippen molar-refractivity contribution < 1.29 is 39.5 Å². The first-order valence-electron chi connectivity index (χ1n) is 20.4. The Hall–Kier alpha value is -3.78. The SMILES string of the molecule is CC[C@]1(O)CC2CN(CCc3c([nH]c4ccccc34)[C@@](C(=O)OC)(c3cc4c(cc3CO)N(C)C3C45CCN4CC=C[C@](CC)(C45)[C@@H](O)[C@]3(O)C(=O)OC)C2)C1. The first kappa shape index (κ1) is 37.8. The van der Waals surface area contributed by atoms with Gasteiger partial charge >= 0.3 is 11.9 Å². The van der Waals surface area contributed by atoms with Gasteiger partial charge in [0.15, 0.2) is 0 Å². The van der Waals surface area contributed by atoms with Crippen molar-refractivity contribution in [3.63, 3.8) is 0 Å². The van der Waals surface area contributed by atoms with Gasteiger partial charge in [0.25, 0.3) is 0 Å². The molecule has 3 fully saturated rings. The fourth-order valence-electron chi connectivity index (χ4n) is 13.3. The first-order chi connectivity index (χ1) is 26.8. The van der Waals surface area contributed by atoms with E-state index in [0.29, 0.717) is 82.4 Å². The van der Waals surface area contributed by atoms with E-state index in [0.717, 1.165) is 33.4 Å². The molecule has 2 saturated heterocycles. The molecular weight excluding hydrogens is 713 g/mol. The molecule has 9 rings (SSSR count). The second kappa shape index (κ2) is 12.9. The Morgan fingerprint density at radius 3 is 2.46 bits per heavy atom. The maximum absolute atomic E-state index is 15.2. The molecular formula is C44H56N4O8. The molecule has 1 aliphatic carbocycles. The predicted molar refractivity (Wildman–Crippen MR) is 210 cm³/mol. The van der Waals surface area contributed by atoms with E-state index in [1.807, 2.05) is 62.2 Å². The molecule has 2 bridgehead atoms. The molecule has 5 unspecified atom stereocenters. The van der Waals surface area contributed by atoms with Crippen molar-refractivity contribution in [2.24, 2.45) is 11.3 Å². The summed E-state index contributed by atoms with van der Waals surface area (Å²) in [6.45, 7) is 6.91. The van der Waals surface area contributed by atoms with Gasteiger partial charge in [-0.25, -0.2) is 4.79 Å². The number of para-hydroxylation sites is 1. The Morgan fingerprint density at radius 2 is 1.75 bits per heavy atom. The van der Waals surface area contributed by atoms with E-state index in [9.17, 15) is 25.2 Å². The molecule has 12 nitrogen and oxygen atoms in total. The van der Waals surface area contributed by atoms with Crippen LogP contribution in [0.4, 0.5) is 5.69 Å². The summed E-state index contributed by atoms with van der Waals surface area (Å²) >= 11 is 0. The third-order valence-corrected chi connectivity index (χ3v) is 15.4. The summed E-state index contributed by atoms with van der Waals surface area (Å²) in [6, 6.07) is 10.9. The van der Waals surface area contributed by atoms with Crippen molar-refractivity contribution in [1.29, 1.82) is 0 Å². The normalized spacial score (nSPS) is 38.5. The summed E-state index contributed by atoms with van der Waals surface area (Å²) in [5.41, 5.74) is -1.19. The monoisotopic (exact) mass is 768 g/mol. The Kier molecular flexibility index (Phi) is 8.68. The number of methoxy groups -OCH3 is 2. The van der Waals surface area contributed by atoms with Crippen molar-refractivity contribution in [1.82, 2.24) is 14.8 Å². The number of hydrogen-bond acceptors (Lipinski definition) is 11. The number of nitrogens with zero attached hydrogens (tertiary/aromatic N) is 3. The summed E-state index contributed by atoms with van der Waals surface area (Å²) in [4.78, 5) is 39.6. The number of benzene rings is 2. The van der Waals surface area contributed by atoms with Gasteiger partial charge in [0.2, 0.25) is 5.60 Å². The number of carbonyl (C=O) groups is 2. The Labute approximate surface area is 328 Å². The number of likely N-dealkylation sites (N-methyl/N-ethyl adjacent to an activating group) is 1. The van der Waals surface area contributed by atoms with Crippen LogP contribution in [0.3, 0.4) is 0 Å². The van der Waals surface area contributed by atoms with E-state index in [-0.39, 0.29) is 18.6 Å². The summed E-state index contributed by atoms with van der Waals surface area (Å²) in [5.74, 6) is -1.46. The van der Waals surface area contributed by atoms with Crippen LogP contribution >= 0.6 is 0 Å². The highest BCUT2D eigenvalue weighted by atomic mass is 16.5. The lowest BCUT2D eigenvalue weighted by atomic mass is 9.47. The van der Waals surface area contributed by atoms with E-state index in [2.05, 4.69) is 26.9 Å². The molecule has 6 heterocycles. The smallest absolute Gasteiger partial charge is 0.342 e. The molecule has 300 valence electrons. The number of fused-ring (bicyclic) bond motifs is 6. The number of H-pyrrole nitrogens is 1. The van der Waals surface area contributed by atoms with Crippen LogP contribution in [0.15, 0.2) is 48.6 Å². The third kappa shape index (κ3) is 4.62. The van der Waals surface area contributed by atoms with E-state index in [1.54, 1.807) is 0 Å². The lowest BCUT2D eigenvalue weighted by Gasteiger charge is -2.63. The highest BCUT2D eigenvalue weighted by molar-refractivity contribution is 5.94. The quantitative estimate of drug-likeness (QED) is 0.186. The van der Waals surface area contributed by atoms with Crippen molar-refractivity contribution in [3.8, 4) is 0 Å². The lowest BCUT2D eigenvalue weighted by Crippen LogP contribution is -2.80. The number of nitrogens with one attached hydrogen (secondary N) is 1. The molecule has 56 heavy (non-hydrogen) atoms. The molecule has 0 amide bonds. The molecule has 10 atom stereocenters. The van der Waals surface area contributed by atoms with Gasteiger partial charge in [-0.1, -0.05) is 50.3 Å². The van der Waals surface area contributed by atoms with Crippen LogP contribution < -0.4 is 4.90 Å². The standard InChI is InChI=1S/C44H56N4O8/c1-6-40(53)21-26-22-43(38(51)55-4,34-29(13-17-47(23-26)25-40)28-11-8-9-12-32(28)45-34)30-20-31-33(19-27(30)24-49)46(3)36-42(31)15-18-48-16-10-14-41(7-2,35(42)48)37(50)44(36,54)39(52)56-5/h8-12,14,19-20,26,35-37,45,49-50,53-54H,6-7,13,15-18,21-25H2,1-5H3/t26?,35?,36?,37-,40+,41-,42?,43+,44+/m1/s1. The van der Waals surface area contributed by atoms with Crippen LogP contribution in [0.2, 0.25) is 0 Å². The van der Waals surface area contributed by atoms with Gasteiger partial charge in [-0.3, -0.25) is 14.6 Å². The van der Waals surface area contributed by atoms with E-state index in [4.69, 9.17) is 9.47 Å². The maximum Gasteiger partial charge on any atom is 0.342 e. The van der Waals surface area contributed by atoms with Crippen molar-refractivity contribution >= 4 is 28.5 Å². The summed E-state index contributed by atoms with van der Waals surface area (Å²) in [6.07, 6.45) is 5.64. The Balaban J connectivity index is 1.36. The topological polar surface area (TPSA) is 159 Å². The van der Waals surface area contributed by atoms with Gasteiger partial charge in [0, 0.05) is 72.4 Å². The number of hydrogen-bond donors (Lipinski definition) is 5. The predicted octanol–water partition coefficient (Wildman–Crippen LogP) is 2.90. The minimum atomic E-state index is -2.31. The molecule has 6 aliphatic rings. The van der Waals surface area contributed by atoms with Crippen LogP contribution in [-0.4, -0.2) is 131 Å². The average Bonchev–Trinajstić information content (AvgIpc) is 3.87. The molecule has 0 radical (unpaired) electrons. The van der Waals surface area contributed by atoms with Crippen molar-refractivity contribution in [2.75, 3.05) is 58.9 Å². The molecule has 5 N–H and O–H groups in total. The number of aliphatic hydroxyl groups is 4. The zero-order chi connectivity index (χ0) is 39.6. The summed E-state index contributed by atoms with van der Waals surface area (Å²) in [7, 11) is 4.50. The van der Waals surface area contributed by atoms with Crippen LogP contribution in [0.25, 0.3) is 10.9 Å². The van der Waals surface area contributed by atoms with E-state index >= 15 is 4.79 Å². The fraction of sp³-hybridized carbons (Fsp3) is 0.591. The summed E-state index contributed by atoms with van der Waals surface area (Å²) < 4.78 is 11.2. The minimum Gasteiger partial charge on any atom is -0.468 e. The Morgan fingerprint density at radius 1 is 0.982 bits per heavy atom. The number of carbonyl (C=O) groups excluding carboxylic acids is 2. The largest absolute Gasteiger partial charge is 0.468 e. The second-order valence-corrected chi connectivity index (χ2v) is 17.7. The number of esters is 2. The zero-order valence-corrected chi connectivity index (χ0v) is 33.2. The molecule has 3 aromatic rings. The average molecular weight is 769 g/mol. The van der Waals surface area contributed by atoms with Gasteiger partial charge in [-0.2, -0.15) is 0 Å². The van der Waals surface area contributed by atoms with E-state index in [1.165, 1.54) is 14.2 Å². The molecule has 5 aliphatic heterocycles. The van der Waals surface area contributed by atoms with Gasteiger partial charge in [-0.05, 0) is 85.4 Å². The van der Waals surface area contributed by atoms with Crippen LogP contribution in [0, 0.1) is 11.3 Å². The van der Waals surface area contributed by atoms with Crippen molar-refractivity contribution in [3.05, 3.63) is 76.5 Å². The zero-order valence-electron chi connectivity index (χ0n) is 33.2. The van der Waals surface area contributed by atoms with Gasteiger partial charge in [0.05, 0.1) is 32.5 Å². The summed E-state index contributed by atoms with van der Waals surface area (Å²) in [5, 5.41) is 49.7. The molecule has 1 spiro atoms. The first-order valence-corrected chi connectivity index (χ1v) is 20.4.